The van der Waals surface area contributed by atoms with Gasteiger partial charge >= 0.3 is 0 Å². The van der Waals surface area contributed by atoms with Crippen LogP contribution in [0.25, 0.3) is 0 Å². The number of rotatable bonds is 6. The van der Waals surface area contributed by atoms with E-state index in [0.29, 0.717) is 17.6 Å². The molecule has 6 nitrogen and oxygen atoms in total. The van der Waals surface area contributed by atoms with Gasteiger partial charge in [-0.3, -0.25) is 0 Å². The monoisotopic (exact) mass is 298 g/mol. The zero-order valence-corrected chi connectivity index (χ0v) is 12.0. The molecule has 0 unspecified atom stereocenters. The molecule has 0 fully saturated rings. The van der Waals surface area contributed by atoms with Gasteiger partial charge in [-0.2, -0.15) is 4.98 Å². The number of nitrogens with zero attached hydrogens (tertiary/aromatic N) is 4. The van der Waals surface area contributed by atoms with E-state index in [1.165, 1.54) is 11.2 Å². The molecule has 0 aromatic carbocycles. The van der Waals surface area contributed by atoms with Crippen LogP contribution in [0.3, 0.4) is 0 Å². The fourth-order valence-electron chi connectivity index (χ4n) is 1.76. The molecule has 3 heterocycles. The Bertz CT molecular complexity index is 671. The van der Waals surface area contributed by atoms with Gasteiger partial charge in [-0.05, 0) is 30.0 Å². The van der Waals surface area contributed by atoms with Crippen LogP contribution in [-0.2, 0) is 6.42 Å². The Labute approximate surface area is 126 Å². The largest absolute Gasteiger partial charge is 0.354 e. The molecular weight excluding hydrogens is 284 g/mol. The minimum atomic E-state index is 0.602. The van der Waals surface area contributed by atoms with E-state index in [4.69, 9.17) is 0 Å². The lowest BCUT2D eigenvalue weighted by Crippen LogP contribution is -2.08. The third kappa shape index (κ3) is 3.96. The number of hydrogen-bond acceptors (Lipinski definition) is 7. The lowest BCUT2D eigenvalue weighted by atomic mass is 10.3. The first kappa shape index (κ1) is 13.4. The maximum atomic E-state index is 4.40. The third-order valence-electron chi connectivity index (χ3n) is 2.73. The maximum absolute atomic E-state index is 4.40. The molecule has 3 aromatic heterocycles. The van der Waals surface area contributed by atoms with Crippen molar-refractivity contribution in [2.45, 2.75) is 6.42 Å². The molecule has 0 aliphatic rings. The highest BCUT2D eigenvalue weighted by Gasteiger charge is 2.01. The molecule has 0 saturated carbocycles. The number of anilines is 3. The Kier molecular flexibility index (Phi) is 4.33. The highest BCUT2D eigenvalue weighted by Crippen LogP contribution is 2.12. The van der Waals surface area contributed by atoms with Gasteiger partial charge in [0.2, 0.25) is 5.95 Å². The molecule has 0 saturated heterocycles. The lowest BCUT2D eigenvalue weighted by Gasteiger charge is -2.07. The Morgan fingerprint density at radius 1 is 1.05 bits per heavy atom. The minimum absolute atomic E-state index is 0.602. The molecular formula is C14H14N6S. The van der Waals surface area contributed by atoms with Crippen molar-refractivity contribution in [3.05, 3.63) is 53.2 Å². The van der Waals surface area contributed by atoms with E-state index in [2.05, 4.69) is 48.1 Å². The van der Waals surface area contributed by atoms with Crippen molar-refractivity contribution in [2.75, 3.05) is 17.2 Å². The summed E-state index contributed by atoms with van der Waals surface area (Å²) in [5.74, 6) is 2.00. The molecule has 106 valence electrons. The molecule has 0 atom stereocenters. The van der Waals surface area contributed by atoms with E-state index in [0.717, 1.165) is 13.0 Å². The van der Waals surface area contributed by atoms with Crippen molar-refractivity contribution in [2.24, 2.45) is 0 Å². The van der Waals surface area contributed by atoms with Crippen LogP contribution in [0.5, 0.6) is 0 Å². The average molecular weight is 298 g/mol. The first-order valence-corrected chi connectivity index (χ1v) is 7.40. The summed E-state index contributed by atoms with van der Waals surface area (Å²) in [6, 6.07) is 7.77. The molecule has 0 aliphatic heterocycles. The summed E-state index contributed by atoms with van der Waals surface area (Å²) >= 11 is 1.76. The highest BCUT2D eigenvalue weighted by molar-refractivity contribution is 7.09. The van der Waals surface area contributed by atoms with Crippen LogP contribution in [0, 0.1) is 0 Å². The van der Waals surface area contributed by atoms with Gasteiger partial charge in [-0.15, -0.1) is 11.3 Å². The Balaban J connectivity index is 1.58. The van der Waals surface area contributed by atoms with Gasteiger partial charge in [0.05, 0.1) is 0 Å². The van der Waals surface area contributed by atoms with Gasteiger partial charge in [-0.1, -0.05) is 6.07 Å². The Hall–Kier alpha value is -2.54. The van der Waals surface area contributed by atoms with E-state index in [9.17, 15) is 0 Å². The van der Waals surface area contributed by atoms with E-state index in [1.54, 1.807) is 35.9 Å². The van der Waals surface area contributed by atoms with Gasteiger partial charge in [0.25, 0.3) is 0 Å². The summed E-state index contributed by atoms with van der Waals surface area (Å²) in [4.78, 5) is 17.9. The van der Waals surface area contributed by atoms with Crippen LogP contribution < -0.4 is 10.6 Å². The molecule has 7 heteroatoms. The van der Waals surface area contributed by atoms with E-state index in [-0.39, 0.29) is 0 Å². The predicted octanol–water partition coefficient (Wildman–Crippen LogP) is 2.73. The molecule has 0 spiro atoms. The van der Waals surface area contributed by atoms with Crippen LogP contribution in [-0.4, -0.2) is 26.5 Å². The van der Waals surface area contributed by atoms with Crippen molar-refractivity contribution >= 4 is 28.9 Å². The van der Waals surface area contributed by atoms with Crippen LogP contribution in [0.15, 0.2) is 48.4 Å². The van der Waals surface area contributed by atoms with Crippen molar-refractivity contribution in [3.63, 3.8) is 0 Å². The molecule has 0 radical (unpaired) electrons. The van der Waals surface area contributed by atoms with Gasteiger partial charge < -0.3 is 10.6 Å². The first-order valence-electron chi connectivity index (χ1n) is 6.52. The van der Waals surface area contributed by atoms with Crippen LogP contribution in [0.4, 0.5) is 17.6 Å². The second-order valence-corrected chi connectivity index (χ2v) is 5.27. The van der Waals surface area contributed by atoms with Crippen molar-refractivity contribution in [1.29, 1.82) is 0 Å². The minimum Gasteiger partial charge on any atom is -0.354 e. The molecule has 3 aromatic rings. The summed E-state index contributed by atoms with van der Waals surface area (Å²) in [6.07, 6.45) is 5.84. The van der Waals surface area contributed by atoms with Gasteiger partial charge in [0.15, 0.2) is 0 Å². The fraction of sp³-hybridized carbons (Fsp3) is 0.143. The van der Waals surface area contributed by atoms with Crippen LogP contribution in [0.2, 0.25) is 0 Å². The lowest BCUT2D eigenvalue weighted by molar-refractivity contribution is 1.00. The number of nitrogens with one attached hydrogen (secondary N) is 2. The second-order valence-electron chi connectivity index (χ2n) is 4.24. The van der Waals surface area contributed by atoms with E-state index in [1.807, 2.05) is 0 Å². The Morgan fingerprint density at radius 3 is 2.81 bits per heavy atom. The van der Waals surface area contributed by atoms with Gasteiger partial charge in [-0.25, -0.2) is 15.0 Å². The zero-order chi connectivity index (χ0) is 14.3. The molecule has 0 amide bonds. The summed E-state index contributed by atoms with van der Waals surface area (Å²) in [7, 11) is 0. The van der Waals surface area contributed by atoms with Crippen molar-refractivity contribution in [3.8, 4) is 0 Å². The second kappa shape index (κ2) is 6.76. The number of thiophene rings is 1. The average Bonchev–Trinajstić information content (AvgIpc) is 3.02. The highest BCUT2D eigenvalue weighted by atomic mass is 32.1. The SMILES string of the molecule is c1csc(CCNc2nccc(Nc3ccncn3)n2)c1. The van der Waals surface area contributed by atoms with Crippen molar-refractivity contribution < 1.29 is 0 Å². The molecule has 2 N–H and O–H groups in total. The normalized spacial score (nSPS) is 10.3. The molecule has 21 heavy (non-hydrogen) atoms. The standard InChI is InChI=1S/C14H14N6S/c1-2-11(21-9-1)3-7-16-14-17-8-5-13(20-14)19-12-4-6-15-10-18-12/h1-2,4-6,8-10H,3,7H2,(H2,15,16,17,18,19,20). The molecule has 0 bridgehead atoms. The number of aromatic nitrogens is 4. The molecule has 3 rings (SSSR count). The van der Waals surface area contributed by atoms with Crippen molar-refractivity contribution in [1.82, 2.24) is 19.9 Å². The summed E-state index contributed by atoms with van der Waals surface area (Å²) in [6.45, 7) is 0.803. The fourth-order valence-corrected chi connectivity index (χ4v) is 2.47. The van der Waals surface area contributed by atoms with Gasteiger partial charge in [0.1, 0.15) is 18.0 Å². The summed E-state index contributed by atoms with van der Waals surface area (Å²) < 4.78 is 0. The zero-order valence-electron chi connectivity index (χ0n) is 11.2. The van der Waals surface area contributed by atoms with Crippen LogP contribution >= 0.6 is 11.3 Å². The molecule has 0 aliphatic carbocycles. The number of hydrogen-bond donors (Lipinski definition) is 2. The van der Waals surface area contributed by atoms with E-state index < -0.39 is 0 Å². The summed E-state index contributed by atoms with van der Waals surface area (Å²) in [5, 5.41) is 8.41. The maximum Gasteiger partial charge on any atom is 0.224 e. The van der Waals surface area contributed by atoms with Gasteiger partial charge in [0, 0.05) is 23.8 Å². The quantitative estimate of drug-likeness (QED) is 0.729. The topological polar surface area (TPSA) is 75.6 Å². The summed E-state index contributed by atoms with van der Waals surface area (Å²) in [5.41, 5.74) is 0. The smallest absolute Gasteiger partial charge is 0.224 e. The Morgan fingerprint density at radius 2 is 2.00 bits per heavy atom. The van der Waals surface area contributed by atoms with E-state index >= 15 is 0 Å². The first-order chi connectivity index (χ1) is 10.4. The van der Waals surface area contributed by atoms with Crippen LogP contribution in [0.1, 0.15) is 4.88 Å². The third-order valence-corrected chi connectivity index (χ3v) is 3.66. The predicted molar refractivity (Wildman–Crippen MR) is 83.9 cm³/mol.